The molecule has 0 atom stereocenters. The van der Waals surface area contributed by atoms with Gasteiger partial charge in [0.15, 0.2) is 5.13 Å². The second-order valence-electron chi connectivity index (χ2n) is 3.84. The summed E-state index contributed by atoms with van der Waals surface area (Å²) in [6.07, 6.45) is 1.87. The van der Waals surface area contributed by atoms with Crippen LogP contribution in [-0.4, -0.2) is 23.0 Å². The van der Waals surface area contributed by atoms with Gasteiger partial charge in [0.2, 0.25) is 11.8 Å². The number of methoxy groups -OCH3 is 1. The lowest BCUT2D eigenvalue weighted by molar-refractivity contribution is -0.120. The normalized spacial score (nSPS) is 10.2. The Morgan fingerprint density at radius 2 is 2.42 bits per heavy atom. The average molecular weight is 278 g/mol. The van der Waals surface area contributed by atoms with E-state index in [2.05, 4.69) is 15.3 Å². The van der Waals surface area contributed by atoms with E-state index in [1.54, 1.807) is 24.8 Å². The number of hydrogen-bond acceptors (Lipinski definition) is 6. The van der Waals surface area contributed by atoms with Crippen LogP contribution in [0.1, 0.15) is 11.3 Å². The number of ether oxygens (including phenoxy) is 1. The minimum atomic E-state index is -0.0962. The molecule has 2 aromatic heterocycles. The fraction of sp³-hybridized carbons (Fsp3) is 0.250. The number of nitrogen functional groups attached to an aromatic ring is 1. The first-order chi connectivity index (χ1) is 9.17. The van der Waals surface area contributed by atoms with Crippen LogP contribution in [0.15, 0.2) is 23.7 Å². The zero-order valence-corrected chi connectivity index (χ0v) is 11.2. The fourth-order valence-corrected chi connectivity index (χ4v) is 2.07. The predicted molar refractivity (Wildman–Crippen MR) is 72.9 cm³/mol. The van der Waals surface area contributed by atoms with Gasteiger partial charge in [0, 0.05) is 24.2 Å². The summed E-state index contributed by atoms with van der Waals surface area (Å²) in [4.78, 5) is 19.8. The van der Waals surface area contributed by atoms with E-state index >= 15 is 0 Å². The Morgan fingerprint density at radius 1 is 1.58 bits per heavy atom. The third-order valence-corrected chi connectivity index (χ3v) is 3.13. The quantitative estimate of drug-likeness (QED) is 0.851. The van der Waals surface area contributed by atoms with E-state index < -0.39 is 0 Å². The molecule has 0 aliphatic rings. The summed E-state index contributed by atoms with van der Waals surface area (Å²) in [5.41, 5.74) is 7.12. The SMILES string of the molecule is COc1cc(CNC(=O)Cc2csc(N)n2)ccn1. The second kappa shape index (κ2) is 6.14. The maximum atomic E-state index is 11.7. The Labute approximate surface area is 114 Å². The summed E-state index contributed by atoms with van der Waals surface area (Å²) < 4.78 is 5.01. The number of rotatable bonds is 5. The average Bonchev–Trinajstić information content (AvgIpc) is 2.82. The van der Waals surface area contributed by atoms with Crippen molar-refractivity contribution in [2.45, 2.75) is 13.0 Å². The highest BCUT2D eigenvalue weighted by Crippen LogP contribution is 2.11. The van der Waals surface area contributed by atoms with Crippen molar-refractivity contribution in [1.82, 2.24) is 15.3 Å². The number of nitrogens with two attached hydrogens (primary N) is 1. The Morgan fingerprint density at radius 3 is 3.11 bits per heavy atom. The van der Waals surface area contributed by atoms with Gasteiger partial charge in [0.1, 0.15) is 0 Å². The van der Waals surface area contributed by atoms with Crippen LogP contribution in [0.4, 0.5) is 5.13 Å². The van der Waals surface area contributed by atoms with Gasteiger partial charge in [-0.3, -0.25) is 4.79 Å². The van der Waals surface area contributed by atoms with Gasteiger partial charge in [-0.25, -0.2) is 9.97 Å². The van der Waals surface area contributed by atoms with Crippen LogP contribution in [0.25, 0.3) is 0 Å². The summed E-state index contributed by atoms with van der Waals surface area (Å²) in [5, 5.41) is 5.07. The van der Waals surface area contributed by atoms with Crippen LogP contribution < -0.4 is 15.8 Å². The van der Waals surface area contributed by atoms with Gasteiger partial charge in [0.25, 0.3) is 0 Å². The molecular weight excluding hydrogens is 264 g/mol. The van der Waals surface area contributed by atoms with Crippen LogP contribution in [-0.2, 0) is 17.8 Å². The molecule has 0 aliphatic carbocycles. The third kappa shape index (κ3) is 3.92. The van der Waals surface area contributed by atoms with Gasteiger partial charge in [-0.1, -0.05) is 0 Å². The Bertz CT molecular complexity index is 570. The van der Waals surface area contributed by atoms with Crippen LogP contribution in [0, 0.1) is 0 Å². The molecule has 0 spiro atoms. The molecule has 3 N–H and O–H groups in total. The lowest BCUT2D eigenvalue weighted by Crippen LogP contribution is -2.24. The molecule has 0 fully saturated rings. The van der Waals surface area contributed by atoms with Crippen LogP contribution in [0.2, 0.25) is 0 Å². The molecule has 19 heavy (non-hydrogen) atoms. The number of pyridine rings is 1. The molecule has 0 aliphatic heterocycles. The molecule has 2 heterocycles. The molecule has 2 aromatic rings. The molecule has 6 nitrogen and oxygen atoms in total. The van der Waals surface area contributed by atoms with Crippen molar-refractivity contribution < 1.29 is 9.53 Å². The van der Waals surface area contributed by atoms with Crippen molar-refractivity contribution in [3.63, 3.8) is 0 Å². The number of nitrogens with zero attached hydrogens (tertiary/aromatic N) is 2. The predicted octanol–water partition coefficient (Wildman–Crippen LogP) is 0.988. The van der Waals surface area contributed by atoms with Gasteiger partial charge >= 0.3 is 0 Å². The van der Waals surface area contributed by atoms with Crippen molar-refractivity contribution >= 4 is 22.4 Å². The van der Waals surface area contributed by atoms with Gasteiger partial charge in [-0.05, 0) is 11.6 Å². The molecule has 0 aromatic carbocycles. The molecule has 100 valence electrons. The first-order valence-electron chi connectivity index (χ1n) is 5.63. The van der Waals surface area contributed by atoms with E-state index in [4.69, 9.17) is 10.5 Å². The van der Waals surface area contributed by atoms with Gasteiger partial charge in [-0.2, -0.15) is 0 Å². The third-order valence-electron chi connectivity index (χ3n) is 2.41. The second-order valence-corrected chi connectivity index (χ2v) is 4.73. The van der Waals surface area contributed by atoms with E-state index in [-0.39, 0.29) is 12.3 Å². The van der Waals surface area contributed by atoms with Crippen molar-refractivity contribution in [3.05, 3.63) is 35.0 Å². The zero-order valence-electron chi connectivity index (χ0n) is 10.4. The highest BCUT2D eigenvalue weighted by molar-refractivity contribution is 7.13. The molecule has 0 saturated heterocycles. The first kappa shape index (κ1) is 13.3. The summed E-state index contributed by atoms with van der Waals surface area (Å²) in [6.45, 7) is 0.428. The van der Waals surface area contributed by atoms with Crippen molar-refractivity contribution in [1.29, 1.82) is 0 Å². The van der Waals surface area contributed by atoms with Crippen molar-refractivity contribution in [2.75, 3.05) is 12.8 Å². The van der Waals surface area contributed by atoms with Gasteiger partial charge in [0.05, 0.1) is 19.2 Å². The molecule has 2 rings (SSSR count). The Kier molecular flexibility index (Phi) is 4.30. The highest BCUT2D eigenvalue weighted by atomic mass is 32.1. The molecule has 0 bridgehead atoms. The Hall–Kier alpha value is -2.15. The number of aromatic nitrogens is 2. The van der Waals surface area contributed by atoms with E-state index in [0.717, 1.165) is 5.56 Å². The maximum Gasteiger partial charge on any atom is 0.226 e. The summed E-state index contributed by atoms with van der Waals surface area (Å²) in [6, 6.07) is 3.60. The lowest BCUT2D eigenvalue weighted by atomic mass is 10.2. The van der Waals surface area contributed by atoms with Crippen molar-refractivity contribution in [2.24, 2.45) is 0 Å². The molecule has 0 radical (unpaired) electrons. The molecule has 1 amide bonds. The summed E-state index contributed by atoms with van der Waals surface area (Å²) in [7, 11) is 1.55. The number of carbonyl (C=O) groups is 1. The zero-order chi connectivity index (χ0) is 13.7. The minimum absolute atomic E-state index is 0.0962. The molecule has 7 heteroatoms. The van der Waals surface area contributed by atoms with Crippen molar-refractivity contribution in [3.8, 4) is 5.88 Å². The number of carbonyl (C=O) groups excluding carboxylic acids is 1. The van der Waals surface area contributed by atoms with E-state index in [0.29, 0.717) is 23.3 Å². The molecular formula is C12H14N4O2S. The fourth-order valence-electron chi connectivity index (χ4n) is 1.50. The number of thiazole rings is 1. The largest absolute Gasteiger partial charge is 0.481 e. The summed E-state index contributed by atoms with van der Waals surface area (Å²) >= 11 is 1.33. The monoisotopic (exact) mass is 278 g/mol. The standard InChI is InChI=1S/C12H14N4O2S/c1-18-11-4-8(2-3-14-11)6-15-10(17)5-9-7-19-12(13)16-9/h2-4,7H,5-6H2,1H3,(H2,13,16)(H,15,17). The van der Waals surface area contributed by atoms with Crippen LogP contribution in [0.5, 0.6) is 5.88 Å². The molecule has 0 saturated carbocycles. The lowest BCUT2D eigenvalue weighted by Gasteiger charge is -2.05. The maximum absolute atomic E-state index is 11.7. The minimum Gasteiger partial charge on any atom is -0.481 e. The van der Waals surface area contributed by atoms with Gasteiger partial charge < -0.3 is 15.8 Å². The number of amides is 1. The van der Waals surface area contributed by atoms with Crippen LogP contribution >= 0.6 is 11.3 Å². The van der Waals surface area contributed by atoms with Gasteiger partial charge in [-0.15, -0.1) is 11.3 Å². The topological polar surface area (TPSA) is 90.1 Å². The van der Waals surface area contributed by atoms with E-state index in [1.807, 2.05) is 6.07 Å². The number of anilines is 1. The van der Waals surface area contributed by atoms with E-state index in [9.17, 15) is 4.79 Å². The molecule has 0 unspecified atom stereocenters. The van der Waals surface area contributed by atoms with E-state index in [1.165, 1.54) is 11.3 Å². The number of nitrogens with one attached hydrogen (secondary N) is 1. The number of hydrogen-bond donors (Lipinski definition) is 2. The first-order valence-corrected chi connectivity index (χ1v) is 6.51. The highest BCUT2D eigenvalue weighted by Gasteiger charge is 2.06. The smallest absolute Gasteiger partial charge is 0.226 e. The van der Waals surface area contributed by atoms with Crippen LogP contribution in [0.3, 0.4) is 0 Å². The summed E-state index contributed by atoms with van der Waals surface area (Å²) in [5.74, 6) is 0.431. The Balaban J connectivity index is 1.86.